The van der Waals surface area contributed by atoms with E-state index in [1.54, 1.807) is 25.3 Å². The Morgan fingerprint density at radius 1 is 1.43 bits per heavy atom. The highest BCUT2D eigenvalue weighted by Gasteiger charge is 2.08. The molecule has 2 amide bonds. The fraction of sp³-hybridized carbons (Fsp3) is 0.333. The molecule has 0 saturated heterocycles. The first-order valence-electron chi connectivity index (χ1n) is 6.91. The van der Waals surface area contributed by atoms with Crippen LogP contribution in [0.15, 0.2) is 30.6 Å². The van der Waals surface area contributed by atoms with Crippen LogP contribution in [0.4, 0.5) is 14.9 Å². The fourth-order valence-electron chi connectivity index (χ4n) is 2.02. The minimum absolute atomic E-state index is 0.327. The summed E-state index contributed by atoms with van der Waals surface area (Å²) in [6.45, 7) is 4.89. The molecule has 6 heteroatoms. The molecule has 0 atom stereocenters. The molecule has 0 aliphatic carbocycles. The Balaban J connectivity index is 1.93. The number of hydrogen-bond acceptors (Lipinski definition) is 2. The van der Waals surface area contributed by atoms with Crippen LogP contribution in [-0.4, -0.2) is 15.6 Å². The number of imidazole rings is 1. The highest BCUT2D eigenvalue weighted by molar-refractivity contribution is 5.89. The zero-order chi connectivity index (χ0) is 15.2. The number of halogens is 1. The number of nitrogens with one attached hydrogen (secondary N) is 2. The van der Waals surface area contributed by atoms with Crippen LogP contribution in [0.2, 0.25) is 0 Å². The molecule has 0 aliphatic heterocycles. The Kier molecular flexibility index (Phi) is 4.92. The first kappa shape index (κ1) is 15.0. The molecule has 0 aliphatic rings. The van der Waals surface area contributed by atoms with E-state index in [0.717, 1.165) is 18.8 Å². The summed E-state index contributed by atoms with van der Waals surface area (Å²) >= 11 is 0. The van der Waals surface area contributed by atoms with Crippen molar-refractivity contribution < 1.29 is 9.18 Å². The topological polar surface area (TPSA) is 59.0 Å². The van der Waals surface area contributed by atoms with E-state index in [0.29, 0.717) is 17.8 Å². The zero-order valence-corrected chi connectivity index (χ0v) is 12.2. The molecule has 1 aromatic heterocycles. The standard InChI is InChI=1S/C15H19FN4O/c1-3-8-20-9-7-17-14(20)10-18-15(21)19-13-6-4-5-12(16)11(13)2/h4-7,9H,3,8,10H2,1-2H3,(H2,18,19,21). The summed E-state index contributed by atoms with van der Waals surface area (Å²) < 4.78 is 15.4. The van der Waals surface area contributed by atoms with Gasteiger partial charge in [0, 0.05) is 30.2 Å². The lowest BCUT2D eigenvalue weighted by molar-refractivity contribution is 0.251. The summed E-state index contributed by atoms with van der Waals surface area (Å²) in [4.78, 5) is 16.1. The maximum atomic E-state index is 13.4. The number of anilines is 1. The van der Waals surface area contributed by atoms with Gasteiger partial charge in [0.25, 0.3) is 0 Å². The number of carbonyl (C=O) groups excluding carboxylic acids is 1. The quantitative estimate of drug-likeness (QED) is 0.889. The lowest BCUT2D eigenvalue weighted by atomic mass is 10.2. The molecular formula is C15H19FN4O. The molecule has 1 heterocycles. The number of rotatable bonds is 5. The number of amides is 2. The van der Waals surface area contributed by atoms with Crippen molar-refractivity contribution in [2.75, 3.05) is 5.32 Å². The molecule has 0 saturated carbocycles. The SMILES string of the molecule is CCCn1ccnc1CNC(=O)Nc1cccc(F)c1C. The molecule has 0 spiro atoms. The van der Waals surface area contributed by atoms with E-state index in [1.807, 2.05) is 10.8 Å². The van der Waals surface area contributed by atoms with Gasteiger partial charge in [0.1, 0.15) is 11.6 Å². The normalized spacial score (nSPS) is 10.4. The van der Waals surface area contributed by atoms with Crippen LogP contribution >= 0.6 is 0 Å². The smallest absolute Gasteiger partial charge is 0.319 e. The van der Waals surface area contributed by atoms with Crippen molar-refractivity contribution in [2.45, 2.75) is 33.4 Å². The number of carbonyl (C=O) groups is 1. The van der Waals surface area contributed by atoms with Crippen LogP contribution in [0.25, 0.3) is 0 Å². The van der Waals surface area contributed by atoms with Gasteiger partial charge in [-0.2, -0.15) is 0 Å². The van der Waals surface area contributed by atoms with Crippen molar-refractivity contribution >= 4 is 11.7 Å². The summed E-state index contributed by atoms with van der Waals surface area (Å²) in [5, 5.41) is 5.36. The third-order valence-corrected chi connectivity index (χ3v) is 3.19. The van der Waals surface area contributed by atoms with Gasteiger partial charge in [-0.25, -0.2) is 14.2 Å². The highest BCUT2D eigenvalue weighted by Crippen LogP contribution is 2.17. The predicted molar refractivity (Wildman–Crippen MR) is 79.5 cm³/mol. The molecule has 2 rings (SSSR count). The molecular weight excluding hydrogens is 271 g/mol. The molecule has 0 unspecified atom stereocenters. The van der Waals surface area contributed by atoms with Gasteiger partial charge in [0.15, 0.2) is 0 Å². The van der Waals surface area contributed by atoms with E-state index in [-0.39, 0.29) is 11.8 Å². The number of hydrogen-bond donors (Lipinski definition) is 2. The first-order valence-corrected chi connectivity index (χ1v) is 6.91. The largest absolute Gasteiger partial charge is 0.333 e. The second-order valence-corrected chi connectivity index (χ2v) is 4.76. The molecule has 1 aromatic carbocycles. The number of aryl methyl sites for hydroxylation is 1. The average molecular weight is 290 g/mol. The molecule has 5 nitrogen and oxygen atoms in total. The number of benzene rings is 1. The zero-order valence-electron chi connectivity index (χ0n) is 12.2. The lowest BCUT2D eigenvalue weighted by Crippen LogP contribution is -2.29. The van der Waals surface area contributed by atoms with Crippen molar-refractivity contribution in [3.8, 4) is 0 Å². The summed E-state index contributed by atoms with van der Waals surface area (Å²) in [6.07, 6.45) is 4.59. The van der Waals surface area contributed by atoms with E-state index >= 15 is 0 Å². The molecule has 0 fully saturated rings. The maximum absolute atomic E-state index is 13.4. The molecule has 2 N–H and O–H groups in total. The predicted octanol–water partition coefficient (Wildman–Crippen LogP) is 3.06. The minimum atomic E-state index is -0.380. The third-order valence-electron chi connectivity index (χ3n) is 3.19. The molecule has 112 valence electrons. The number of urea groups is 1. The minimum Gasteiger partial charge on any atom is -0.333 e. The summed E-state index contributed by atoms with van der Waals surface area (Å²) in [5.41, 5.74) is 0.879. The van der Waals surface area contributed by atoms with Crippen LogP contribution in [0.5, 0.6) is 0 Å². The van der Waals surface area contributed by atoms with Gasteiger partial charge in [-0.1, -0.05) is 13.0 Å². The van der Waals surface area contributed by atoms with Crippen molar-refractivity contribution in [2.24, 2.45) is 0 Å². The van der Waals surface area contributed by atoms with Crippen LogP contribution in [0.3, 0.4) is 0 Å². The average Bonchev–Trinajstić information content (AvgIpc) is 2.90. The second-order valence-electron chi connectivity index (χ2n) is 4.76. The van der Waals surface area contributed by atoms with Crippen LogP contribution < -0.4 is 10.6 Å². The van der Waals surface area contributed by atoms with Gasteiger partial charge in [-0.05, 0) is 25.5 Å². The van der Waals surface area contributed by atoms with Crippen molar-refractivity contribution in [3.63, 3.8) is 0 Å². The van der Waals surface area contributed by atoms with Crippen molar-refractivity contribution in [1.82, 2.24) is 14.9 Å². The van der Waals surface area contributed by atoms with Crippen LogP contribution in [0, 0.1) is 12.7 Å². The molecule has 2 aromatic rings. The van der Waals surface area contributed by atoms with Gasteiger partial charge in [-0.15, -0.1) is 0 Å². The molecule has 0 bridgehead atoms. The first-order chi connectivity index (χ1) is 10.1. The Hall–Kier alpha value is -2.37. The molecule has 21 heavy (non-hydrogen) atoms. The van der Waals surface area contributed by atoms with Gasteiger partial charge < -0.3 is 15.2 Å². The Morgan fingerprint density at radius 2 is 2.24 bits per heavy atom. The van der Waals surface area contributed by atoms with E-state index in [4.69, 9.17) is 0 Å². The van der Waals surface area contributed by atoms with Crippen molar-refractivity contribution in [3.05, 3.63) is 47.8 Å². The van der Waals surface area contributed by atoms with Gasteiger partial charge in [0.2, 0.25) is 0 Å². The maximum Gasteiger partial charge on any atom is 0.319 e. The second kappa shape index (κ2) is 6.88. The third kappa shape index (κ3) is 3.81. The summed E-state index contributed by atoms with van der Waals surface area (Å²) in [5.74, 6) is 0.453. The van der Waals surface area contributed by atoms with Crippen LogP contribution in [-0.2, 0) is 13.1 Å². The van der Waals surface area contributed by atoms with Crippen molar-refractivity contribution in [1.29, 1.82) is 0 Å². The van der Waals surface area contributed by atoms with Gasteiger partial charge >= 0.3 is 6.03 Å². The van der Waals surface area contributed by atoms with Gasteiger partial charge in [0.05, 0.1) is 6.54 Å². The van der Waals surface area contributed by atoms with E-state index < -0.39 is 0 Å². The van der Waals surface area contributed by atoms with E-state index in [1.165, 1.54) is 6.07 Å². The van der Waals surface area contributed by atoms with Gasteiger partial charge in [-0.3, -0.25) is 0 Å². The Morgan fingerprint density at radius 3 is 3.00 bits per heavy atom. The highest BCUT2D eigenvalue weighted by atomic mass is 19.1. The summed E-state index contributed by atoms with van der Waals surface area (Å²) in [6, 6.07) is 4.21. The Bertz CT molecular complexity index is 624. The van der Waals surface area contributed by atoms with Crippen LogP contribution in [0.1, 0.15) is 24.7 Å². The van der Waals surface area contributed by atoms with E-state index in [9.17, 15) is 9.18 Å². The molecule has 0 radical (unpaired) electrons. The number of nitrogens with zero attached hydrogens (tertiary/aromatic N) is 2. The number of aromatic nitrogens is 2. The fourth-order valence-corrected chi connectivity index (χ4v) is 2.02. The lowest BCUT2D eigenvalue weighted by Gasteiger charge is -2.11. The summed E-state index contributed by atoms with van der Waals surface area (Å²) in [7, 11) is 0. The Labute approximate surface area is 123 Å². The van der Waals surface area contributed by atoms with E-state index in [2.05, 4.69) is 22.5 Å². The monoisotopic (exact) mass is 290 g/mol.